The smallest absolute Gasteiger partial charge is 0.147 e. The van der Waals surface area contributed by atoms with E-state index >= 15 is 0 Å². The standard InChI is InChI=1S/C14H24N4/c1-10-6-7-12(11(10)2)15-9-14-17-16-13-5-3-4-8-18(13)14/h10-12,15H,3-9H2,1-2H3. The van der Waals surface area contributed by atoms with Gasteiger partial charge in [-0.2, -0.15) is 0 Å². The lowest BCUT2D eigenvalue weighted by atomic mass is 9.98. The van der Waals surface area contributed by atoms with Gasteiger partial charge in [-0.1, -0.05) is 13.8 Å². The maximum Gasteiger partial charge on any atom is 0.147 e. The van der Waals surface area contributed by atoms with E-state index in [4.69, 9.17) is 0 Å². The zero-order chi connectivity index (χ0) is 12.5. The normalized spacial score (nSPS) is 31.6. The molecular weight excluding hydrogens is 224 g/mol. The number of hydrogen-bond donors (Lipinski definition) is 1. The van der Waals surface area contributed by atoms with E-state index in [0.717, 1.165) is 37.2 Å². The fourth-order valence-corrected chi connectivity index (χ4v) is 3.37. The van der Waals surface area contributed by atoms with Gasteiger partial charge >= 0.3 is 0 Å². The molecule has 4 nitrogen and oxygen atoms in total. The van der Waals surface area contributed by atoms with Gasteiger partial charge in [-0.15, -0.1) is 10.2 Å². The average molecular weight is 248 g/mol. The second-order valence-corrected chi connectivity index (χ2v) is 6.04. The Morgan fingerprint density at radius 2 is 2.11 bits per heavy atom. The minimum absolute atomic E-state index is 0.663. The van der Waals surface area contributed by atoms with Crippen LogP contribution in [0.15, 0.2) is 0 Å². The number of aryl methyl sites for hydroxylation is 1. The Morgan fingerprint density at radius 1 is 1.22 bits per heavy atom. The fourth-order valence-electron chi connectivity index (χ4n) is 3.37. The monoisotopic (exact) mass is 248 g/mol. The summed E-state index contributed by atoms with van der Waals surface area (Å²) in [5.41, 5.74) is 0. The first-order chi connectivity index (χ1) is 8.75. The van der Waals surface area contributed by atoms with Gasteiger partial charge in [0.25, 0.3) is 0 Å². The van der Waals surface area contributed by atoms with E-state index in [1.807, 2.05) is 0 Å². The van der Waals surface area contributed by atoms with Crippen LogP contribution in [-0.4, -0.2) is 20.8 Å². The van der Waals surface area contributed by atoms with Gasteiger partial charge in [0.05, 0.1) is 6.54 Å². The van der Waals surface area contributed by atoms with Crippen LogP contribution in [0.5, 0.6) is 0 Å². The molecule has 2 heterocycles. The second kappa shape index (κ2) is 5.00. The SMILES string of the molecule is CC1CCC(NCc2nnc3n2CCCC3)C1C. The molecule has 3 unspecified atom stereocenters. The van der Waals surface area contributed by atoms with E-state index in [9.17, 15) is 0 Å². The average Bonchev–Trinajstić information content (AvgIpc) is 2.94. The van der Waals surface area contributed by atoms with Crippen molar-refractivity contribution in [2.24, 2.45) is 11.8 Å². The molecule has 1 saturated carbocycles. The van der Waals surface area contributed by atoms with Crippen LogP contribution in [0.25, 0.3) is 0 Å². The number of rotatable bonds is 3. The van der Waals surface area contributed by atoms with Crippen LogP contribution in [-0.2, 0) is 19.5 Å². The van der Waals surface area contributed by atoms with E-state index in [0.29, 0.717) is 6.04 Å². The molecule has 100 valence electrons. The predicted octanol–water partition coefficient (Wildman–Crippen LogP) is 2.14. The summed E-state index contributed by atoms with van der Waals surface area (Å²) < 4.78 is 2.32. The van der Waals surface area contributed by atoms with Crippen molar-refractivity contribution in [2.45, 2.75) is 65.1 Å². The summed E-state index contributed by atoms with van der Waals surface area (Å²) in [6.45, 7) is 6.73. The van der Waals surface area contributed by atoms with Crippen molar-refractivity contribution >= 4 is 0 Å². The molecule has 0 aromatic carbocycles. The van der Waals surface area contributed by atoms with Crippen molar-refractivity contribution < 1.29 is 0 Å². The highest BCUT2D eigenvalue weighted by Gasteiger charge is 2.29. The third kappa shape index (κ3) is 2.18. The maximum atomic E-state index is 4.35. The Morgan fingerprint density at radius 3 is 2.89 bits per heavy atom. The maximum absolute atomic E-state index is 4.35. The molecule has 1 N–H and O–H groups in total. The Kier molecular flexibility index (Phi) is 3.37. The van der Waals surface area contributed by atoms with Gasteiger partial charge in [0.2, 0.25) is 0 Å². The molecule has 0 bridgehead atoms. The molecule has 1 fully saturated rings. The minimum Gasteiger partial charge on any atom is -0.314 e. The molecule has 0 spiro atoms. The molecule has 1 aliphatic heterocycles. The zero-order valence-electron chi connectivity index (χ0n) is 11.5. The Balaban J connectivity index is 1.62. The van der Waals surface area contributed by atoms with Crippen molar-refractivity contribution in [3.05, 3.63) is 11.6 Å². The van der Waals surface area contributed by atoms with E-state index in [1.165, 1.54) is 31.5 Å². The molecule has 18 heavy (non-hydrogen) atoms. The van der Waals surface area contributed by atoms with E-state index < -0.39 is 0 Å². The first-order valence-electron chi connectivity index (χ1n) is 7.40. The van der Waals surface area contributed by atoms with E-state index in [2.05, 4.69) is 33.9 Å². The van der Waals surface area contributed by atoms with Gasteiger partial charge in [0.15, 0.2) is 0 Å². The third-order valence-corrected chi connectivity index (χ3v) is 4.92. The lowest BCUT2D eigenvalue weighted by molar-refractivity contribution is 0.363. The van der Waals surface area contributed by atoms with Crippen LogP contribution < -0.4 is 5.32 Å². The third-order valence-electron chi connectivity index (χ3n) is 4.92. The topological polar surface area (TPSA) is 42.7 Å². The highest BCUT2D eigenvalue weighted by atomic mass is 15.3. The van der Waals surface area contributed by atoms with Gasteiger partial charge in [-0.3, -0.25) is 0 Å². The molecule has 3 atom stereocenters. The first kappa shape index (κ1) is 12.2. The molecule has 0 saturated heterocycles. The summed E-state index contributed by atoms with van der Waals surface area (Å²) in [7, 11) is 0. The summed E-state index contributed by atoms with van der Waals surface area (Å²) in [5, 5.41) is 12.4. The summed E-state index contributed by atoms with van der Waals surface area (Å²) >= 11 is 0. The molecule has 2 aliphatic rings. The van der Waals surface area contributed by atoms with Gasteiger partial charge < -0.3 is 9.88 Å². The summed E-state index contributed by atoms with van der Waals surface area (Å²) in [4.78, 5) is 0. The van der Waals surface area contributed by atoms with Crippen molar-refractivity contribution in [1.82, 2.24) is 20.1 Å². The zero-order valence-corrected chi connectivity index (χ0v) is 11.5. The lowest BCUT2D eigenvalue weighted by Crippen LogP contribution is -2.33. The minimum atomic E-state index is 0.663. The van der Waals surface area contributed by atoms with Crippen LogP contribution in [0.3, 0.4) is 0 Å². The van der Waals surface area contributed by atoms with Crippen molar-refractivity contribution in [3.63, 3.8) is 0 Å². The Bertz CT molecular complexity index is 412. The number of hydrogen-bond acceptors (Lipinski definition) is 3. The molecule has 3 rings (SSSR count). The predicted molar refractivity (Wildman–Crippen MR) is 71.1 cm³/mol. The Hall–Kier alpha value is -0.900. The highest BCUT2D eigenvalue weighted by molar-refractivity contribution is 4.99. The fraction of sp³-hybridized carbons (Fsp3) is 0.857. The quantitative estimate of drug-likeness (QED) is 0.891. The largest absolute Gasteiger partial charge is 0.314 e. The highest BCUT2D eigenvalue weighted by Crippen LogP contribution is 2.31. The molecule has 1 aliphatic carbocycles. The molecule has 0 radical (unpaired) electrons. The number of nitrogens with one attached hydrogen (secondary N) is 1. The molecule has 1 aromatic heterocycles. The van der Waals surface area contributed by atoms with Crippen molar-refractivity contribution in [3.8, 4) is 0 Å². The number of aromatic nitrogens is 3. The van der Waals surface area contributed by atoms with Gasteiger partial charge in [-0.25, -0.2) is 0 Å². The molecule has 0 amide bonds. The van der Waals surface area contributed by atoms with E-state index in [-0.39, 0.29) is 0 Å². The van der Waals surface area contributed by atoms with Gasteiger partial charge in [0.1, 0.15) is 11.6 Å². The number of fused-ring (bicyclic) bond motifs is 1. The van der Waals surface area contributed by atoms with Gasteiger partial charge in [-0.05, 0) is 37.5 Å². The van der Waals surface area contributed by atoms with Crippen LogP contribution in [0, 0.1) is 11.8 Å². The van der Waals surface area contributed by atoms with E-state index in [1.54, 1.807) is 0 Å². The van der Waals surface area contributed by atoms with Crippen LogP contribution in [0.4, 0.5) is 0 Å². The molecule has 4 heteroatoms. The van der Waals surface area contributed by atoms with Gasteiger partial charge in [0, 0.05) is 19.0 Å². The van der Waals surface area contributed by atoms with Crippen molar-refractivity contribution in [1.29, 1.82) is 0 Å². The van der Waals surface area contributed by atoms with Crippen LogP contribution in [0.2, 0.25) is 0 Å². The van der Waals surface area contributed by atoms with Crippen LogP contribution >= 0.6 is 0 Å². The first-order valence-corrected chi connectivity index (χ1v) is 7.40. The summed E-state index contributed by atoms with van der Waals surface area (Å²) in [6, 6.07) is 0.663. The molecular formula is C14H24N4. The van der Waals surface area contributed by atoms with Crippen molar-refractivity contribution in [2.75, 3.05) is 0 Å². The number of nitrogens with zero attached hydrogens (tertiary/aromatic N) is 3. The summed E-state index contributed by atoms with van der Waals surface area (Å²) in [5.74, 6) is 3.96. The van der Waals surface area contributed by atoms with Crippen LogP contribution in [0.1, 0.15) is 51.2 Å². The summed E-state index contributed by atoms with van der Waals surface area (Å²) in [6.07, 6.45) is 6.31. The molecule has 1 aromatic rings. The second-order valence-electron chi connectivity index (χ2n) is 6.04. The Labute approximate surface area is 109 Å². The lowest BCUT2D eigenvalue weighted by Gasteiger charge is -2.20.